The molecule has 0 aliphatic heterocycles. The SMILES string of the molecule is CCC(C)(Nc1cccc(Cl)c1C)C(=O)O. The Bertz CT molecular complexity index is 406. The molecule has 16 heavy (non-hydrogen) atoms. The zero-order chi connectivity index (χ0) is 12.3. The normalized spacial score (nSPS) is 14.2. The lowest BCUT2D eigenvalue weighted by Crippen LogP contribution is -2.42. The largest absolute Gasteiger partial charge is 0.480 e. The van der Waals surface area contributed by atoms with Crippen molar-refractivity contribution in [2.45, 2.75) is 32.7 Å². The van der Waals surface area contributed by atoms with Gasteiger partial charge in [-0.3, -0.25) is 0 Å². The second kappa shape index (κ2) is 4.74. The summed E-state index contributed by atoms with van der Waals surface area (Å²) in [6.07, 6.45) is 0.494. The van der Waals surface area contributed by atoms with Crippen LogP contribution in [-0.2, 0) is 4.79 Å². The van der Waals surface area contributed by atoms with Crippen LogP contribution in [0.4, 0.5) is 5.69 Å². The van der Waals surface area contributed by atoms with Gasteiger partial charge in [0.1, 0.15) is 5.54 Å². The van der Waals surface area contributed by atoms with Crippen molar-refractivity contribution in [1.29, 1.82) is 0 Å². The topological polar surface area (TPSA) is 49.3 Å². The summed E-state index contributed by atoms with van der Waals surface area (Å²) in [6.45, 7) is 5.36. The van der Waals surface area contributed by atoms with E-state index >= 15 is 0 Å². The molecule has 0 saturated heterocycles. The number of hydrogen-bond donors (Lipinski definition) is 2. The van der Waals surface area contributed by atoms with Crippen LogP contribution in [0.1, 0.15) is 25.8 Å². The summed E-state index contributed by atoms with van der Waals surface area (Å²) >= 11 is 5.98. The Morgan fingerprint density at radius 1 is 1.56 bits per heavy atom. The van der Waals surface area contributed by atoms with Gasteiger partial charge in [0.2, 0.25) is 0 Å². The monoisotopic (exact) mass is 241 g/mol. The van der Waals surface area contributed by atoms with E-state index in [1.165, 1.54) is 0 Å². The second-order valence-corrected chi connectivity index (χ2v) is 4.44. The highest BCUT2D eigenvalue weighted by Crippen LogP contribution is 2.26. The van der Waals surface area contributed by atoms with Gasteiger partial charge in [0.25, 0.3) is 0 Å². The number of hydrogen-bond acceptors (Lipinski definition) is 2. The average Bonchev–Trinajstić information content (AvgIpc) is 2.24. The molecule has 0 aliphatic rings. The van der Waals surface area contributed by atoms with Gasteiger partial charge >= 0.3 is 5.97 Å². The van der Waals surface area contributed by atoms with E-state index < -0.39 is 11.5 Å². The highest BCUT2D eigenvalue weighted by molar-refractivity contribution is 6.31. The summed E-state index contributed by atoms with van der Waals surface area (Å²) in [7, 11) is 0. The fourth-order valence-electron chi connectivity index (χ4n) is 1.33. The van der Waals surface area contributed by atoms with Crippen LogP contribution in [0.2, 0.25) is 5.02 Å². The summed E-state index contributed by atoms with van der Waals surface area (Å²) in [4.78, 5) is 11.2. The Kier molecular flexibility index (Phi) is 3.81. The summed E-state index contributed by atoms with van der Waals surface area (Å²) in [5, 5.41) is 12.8. The first-order chi connectivity index (χ1) is 7.40. The van der Waals surface area contributed by atoms with E-state index in [1.54, 1.807) is 19.1 Å². The van der Waals surface area contributed by atoms with Crippen LogP contribution < -0.4 is 5.32 Å². The molecule has 1 aromatic rings. The first-order valence-corrected chi connectivity index (χ1v) is 5.55. The van der Waals surface area contributed by atoms with E-state index in [-0.39, 0.29) is 0 Å². The fourth-order valence-corrected chi connectivity index (χ4v) is 1.51. The van der Waals surface area contributed by atoms with Gasteiger partial charge in [0.05, 0.1) is 0 Å². The van der Waals surface area contributed by atoms with Crippen LogP contribution in [0, 0.1) is 6.92 Å². The standard InChI is InChI=1S/C12H16ClNO2/c1-4-12(3,11(15)16)14-10-7-5-6-9(13)8(10)2/h5-7,14H,4H2,1-3H3,(H,15,16). The minimum Gasteiger partial charge on any atom is -0.480 e. The second-order valence-electron chi connectivity index (χ2n) is 4.03. The molecule has 1 unspecified atom stereocenters. The van der Waals surface area contributed by atoms with Gasteiger partial charge in [-0.1, -0.05) is 24.6 Å². The Labute approximate surface area is 100 Å². The van der Waals surface area contributed by atoms with E-state index in [0.29, 0.717) is 11.4 Å². The molecule has 0 aliphatic carbocycles. The van der Waals surface area contributed by atoms with E-state index in [0.717, 1.165) is 11.3 Å². The summed E-state index contributed by atoms with van der Waals surface area (Å²) < 4.78 is 0. The van der Waals surface area contributed by atoms with Crippen molar-refractivity contribution < 1.29 is 9.90 Å². The molecule has 3 nitrogen and oxygen atoms in total. The molecule has 0 bridgehead atoms. The van der Waals surface area contributed by atoms with Crippen LogP contribution in [0.15, 0.2) is 18.2 Å². The molecule has 0 heterocycles. The molecule has 0 radical (unpaired) electrons. The first-order valence-electron chi connectivity index (χ1n) is 5.17. The Morgan fingerprint density at radius 2 is 2.19 bits per heavy atom. The number of anilines is 1. The maximum Gasteiger partial charge on any atom is 0.329 e. The predicted molar refractivity (Wildman–Crippen MR) is 66.1 cm³/mol. The van der Waals surface area contributed by atoms with Crippen molar-refractivity contribution in [3.05, 3.63) is 28.8 Å². The van der Waals surface area contributed by atoms with E-state index in [2.05, 4.69) is 5.32 Å². The lowest BCUT2D eigenvalue weighted by Gasteiger charge is -2.27. The molecule has 0 fully saturated rings. The van der Waals surface area contributed by atoms with Gasteiger partial charge in [-0.05, 0) is 38.0 Å². The number of carboxylic acids is 1. The lowest BCUT2D eigenvalue weighted by molar-refractivity contribution is -0.141. The predicted octanol–water partition coefficient (Wildman–Crippen LogP) is 3.31. The maximum absolute atomic E-state index is 11.2. The Balaban J connectivity index is 3.04. The van der Waals surface area contributed by atoms with E-state index in [1.807, 2.05) is 19.9 Å². The number of carbonyl (C=O) groups is 1. The fraction of sp³-hybridized carbons (Fsp3) is 0.417. The molecule has 0 aromatic heterocycles. The quantitative estimate of drug-likeness (QED) is 0.850. The number of rotatable bonds is 4. The number of aliphatic carboxylic acids is 1. The van der Waals surface area contributed by atoms with Crippen LogP contribution in [-0.4, -0.2) is 16.6 Å². The molecular weight excluding hydrogens is 226 g/mol. The van der Waals surface area contributed by atoms with Crippen LogP contribution in [0.3, 0.4) is 0 Å². The third kappa shape index (κ3) is 2.47. The van der Waals surface area contributed by atoms with E-state index in [4.69, 9.17) is 16.7 Å². The third-order valence-corrected chi connectivity index (χ3v) is 3.27. The summed E-state index contributed by atoms with van der Waals surface area (Å²) in [5.41, 5.74) is 0.666. The van der Waals surface area contributed by atoms with Crippen molar-refractivity contribution in [3.63, 3.8) is 0 Å². The van der Waals surface area contributed by atoms with Gasteiger partial charge < -0.3 is 10.4 Å². The smallest absolute Gasteiger partial charge is 0.329 e. The third-order valence-electron chi connectivity index (χ3n) is 2.86. The van der Waals surface area contributed by atoms with Crippen molar-refractivity contribution in [3.8, 4) is 0 Å². The zero-order valence-electron chi connectivity index (χ0n) is 9.67. The van der Waals surface area contributed by atoms with Crippen molar-refractivity contribution in [1.82, 2.24) is 0 Å². The number of nitrogens with one attached hydrogen (secondary N) is 1. The van der Waals surface area contributed by atoms with Crippen LogP contribution >= 0.6 is 11.6 Å². The number of halogens is 1. The van der Waals surface area contributed by atoms with Gasteiger partial charge in [-0.25, -0.2) is 4.79 Å². The summed E-state index contributed by atoms with van der Waals surface area (Å²) in [5.74, 6) is -0.866. The molecule has 4 heteroatoms. The number of benzene rings is 1. The lowest BCUT2D eigenvalue weighted by atomic mass is 9.98. The molecule has 0 amide bonds. The average molecular weight is 242 g/mol. The van der Waals surface area contributed by atoms with Gasteiger partial charge in [0, 0.05) is 10.7 Å². The minimum absolute atomic E-state index is 0.494. The molecule has 0 saturated carbocycles. The van der Waals surface area contributed by atoms with Gasteiger partial charge in [-0.2, -0.15) is 0 Å². The Hall–Kier alpha value is -1.22. The molecular formula is C12H16ClNO2. The minimum atomic E-state index is -0.963. The molecule has 88 valence electrons. The number of carboxylic acid groups (broad SMARTS) is 1. The molecule has 2 N–H and O–H groups in total. The molecule has 1 atom stereocenters. The Morgan fingerprint density at radius 3 is 2.69 bits per heavy atom. The van der Waals surface area contributed by atoms with E-state index in [9.17, 15) is 4.79 Å². The highest BCUT2D eigenvalue weighted by Gasteiger charge is 2.31. The highest BCUT2D eigenvalue weighted by atomic mass is 35.5. The van der Waals surface area contributed by atoms with Crippen molar-refractivity contribution >= 4 is 23.3 Å². The summed E-state index contributed by atoms with van der Waals surface area (Å²) in [6, 6.07) is 5.42. The molecule has 0 spiro atoms. The van der Waals surface area contributed by atoms with Crippen molar-refractivity contribution in [2.24, 2.45) is 0 Å². The van der Waals surface area contributed by atoms with Gasteiger partial charge in [-0.15, -0.1) is 0 Å². The molecule has 1 aromatic carbocycles. The zero-order valence-corrected chi connectivity index (χ0v) is 10.4. The molecule has 1 rings (SSSR count). The van der Waals surface area contributed by atoms with Crippen molar-refractivity contribution in [2.75, 3.05) is 5.32 Å². The van der Waals surface area contributed by atoms with Gasteiger partial charge in [0.15, 0.2) is 0 Å². The van der Waals surface area contributed by atoms with Crippen LogP contribution in [0.25, 0.3) is 0 Å². The van der Waals surface area contributed by atoms with Crippen LogP contribution in [0.5, 0.6) is 0 Å². The maximum atomic E-state index is 11.2. The first kappa shape index (κ1) is 12.8.